The first-order valence-corrected chi connectivity index (χ1v) is 13.8. The van der Waals surface area contributed by atoms with Gasteiger partial charge in [-0.3, -0.25) is 9.59 Å². The Bertz CT molecular complexity index is 1140. The predicted molar refractivity (Wildman–Crippen MR) is 147 cm³/mol. The van der Waals surface area contributed by atoms with Gasteiger partial charge in [0.05, 0.1) is 11.7 Å². The number of phenols is 1. The molecule has 0 bridgehead atoms. The van der Waals surface area contributed by atoms with E-state index in [1.807, 2.05) is 13.8 Å². The summed E-state index contributed by atoms with van der Waals surface area (Å²) in [5.74, 6) is -0.205. The van der Waals surface area contributed by atoms with E-state index >= 15 is 0 Å². The number of nitrogens with zero attached hydrogens (tertiary/aromatic N) is 1. The molecule has 3 aliphatic rings. The molecule has 1 aromatic rings. The third-order valence-corrected chi connectivity index (χ3v) is 7.80. The fourth-order valence-corrected chi connectivity index (χ4v) is 5.97. The van der Waals surface area contributed by atoms with Crippen molar-refractivity contribution in [1.82, 2.24) is 10.2 Å². The number of nitrogens with one attached hydrogen (secondary N) is 2. The molecule has 2 amide bonds. The highest BCUT2D eigenvalue weighted by Gasteiger charge is 2.32. The highest BCUT2D eigenvalue weighted by molar-refractivity contribution is 6.32. The molecule has 1 aliphatic carbocycles. The van der Waals surface area contributed by atoms with Gasteiger partial charge in [-0.05, 0) is 100 Å². The maximum absolute atomic E-state index is 13.6. The number of hydrogen-bond donors (Lipinski definition) is 4. The second kappa shape index (κ2) is 12.1. The van der Waals surface area contributed by atoms with Crippen LogP contribution in [0.5, 0.6) is 5.75 Å². The SMILES string of the molecule is CCC/C(C)=C(/C(=O)NCC(O)CN1CCCCC1)C1=C(C)/C(=C2\C(=O)Nc3ccc(O)cc32)CCC1. The minimum absolute atomic E-state index is 0.118. The minimum atomic E-state index is -0.611. The van der Waals surface area contributed by atoms with Crippen molar-refractivity contribution < 1.29 is 19.8 Å². The highest BCUT2D eigenvalue weighted by atomic mass is 16.3. The molecular weight excluding hydrogens is 466 g/mol. The first kappa shape index (κ1) is 27.1. The molecule has 2 aliphatic heterocycles. The van der Waals surface area contributed by atoms with Crippen LogP contribution in [0.3, 0.4) is 0 Å². The van der Waals surface area contributed by atoms with Crippen LogP contribution >= 0.6 is 0 Å². The normalized spacial score (nSPS) is 21.9. The lowest BCUT2D eigenvalue weighted by Crippen LogP contribution is -2.42. The van der Waals surface area contributed by atoms with E-state index in [0.29, 0.717) is 28.9 Å². The first-order chi connectivity index (χ1) is 17.8. The molecule has 0 radical (unpaired) electrons. The fraction of sp³-hybridized carbons (Fsp3) is 0.533. The molecule has 0 aromatic heterocycles. The molecule has 4 rings (SSSR count). The molecule has 2 heterocycles. The number of fused-ring (bicyclic) bond motifs is 1. The summed E-state index contributed by atoms with van der Waals surface area (Å²) >= 11 is 0. The van der Waals surface area contributed by atoms with Gasteiger partial charge in [0, 0.05) is 29.9 Å². The van der Waals surface area contributed by atoms with Crippen LogP contribution in [0.25, 0.3) is 5.57 Å². The number of carbonyl (C=O) groups is 2. The van der Waals surface area contributed by atoms with E-state index in [-0.39, 0.29) is 24.1 Å². The number of aliphatic hydroxyl groups is 1. The number of phenolic OH excluding ortho intramolecular Hbond substituents is 1. The van der Waals surface area contributed by atoms with Gasteiger partial charge in [0.2, 0.25) is 0 Å². The van der Waals surface area contributed by atoms with Crippen LogP contribution in [0.2, 0.25) is 0 Å². The molecule has 4 N–H and O–H groups in total. The monoisotopic (exact) mass is 507 g/mol. The number of allylic oxidation sites excluding steroid dienone is 3. The summed E-state index contributed by atoms with van der Waals surface area (Å²) in [6.45, 7) is 8.92. The lowest BCUT2D eigenvalue weighted by molar-refractivity contribution is -0.118. The van der Waals surface area contributed by atoms with Gasteiger partial charge in [-0.25, -0.2) is 0 Å². The van der Waals surface area contributed by atoms with Crippen LogP contribution in [0.4, 0.5) is 5.69 Å². The molecule has 0 spiro atoms. The second-order valence-electron chi connectivity index (χ2n) is 10.6. The topological polar surface area (TPSA) is 102 Å². The lowest BCUT2D eigenvalue weighted by Gasteiger charge is -2.29. The molecule has 1 unspecified atom stereocenters. The van der Waals surface area contributed by atoms with Crippen molar-refractivity contribution in [3.8, 4) is 5.75 Å². The Morgan fingerprint density at radius 1 is 1.16 bits per heavy atom. The van der Waals surface area contributed by atoms with E-state index in [1.54, 1.807) is 18.2 Å². The summed E-state index contributed by atoms with van der Waals surface area (Å²) in [6, 6.07) is 4.92. The summed E-state index contributed by atoms with van der Waals surface area (Å²) in [5.41, 5.74) is 6.58. The zero-order chi connectivity index (χ0) is 26.5. The van der Waals surface area contributed by atoms with Crippen LogP contribution in [-0.4, -0.2) is 59.2 Å². The Balaban J connectivity index is 1.62. The summed E-state index contributed by atoms with van der Waals surface area (Å²) < 4.78 is 0. The summed E-state index contributed by atoms with van der Waals surface area (Å²) in [6.07, 6.45) is 7.02. The number of aliphatic hydroxyl groups excluding tert-OH is 1. The number of hydrogen-bond acceptors (Lipinski definition) is 5. The molecule has 200 valence electrons. The zero-order valence-electron chi connectivity index (χ0n) is 22.5. The Morgan fingerprint density at radius 2 is 1.92 bits per heavy atom. The molecule has 0 saturated carbocycles. The summed E-state index contributed by atoms with van der Waals surface area (Å²) in [5, 5.41) is 26.6. The van der Waals surface area contributed by atoms with Gasteiger partial charge in [0.25, 0.3) is 11.8 Å². The van der Waals surface area contributed by atoms with Crippen molar-refractivity contribution in [2.45, 2.75) is 78.2 Å². The van der Waals surface area contributed by atoms with Crippen LogP contribution in [0, 0.1) is 0 Å². The van der Waals surface area contributed by atoms with Gasteiger partial charge in [-0.1, -0.05) is 25.3 Å². The molecule has 7 heteroatoms. The fourth-order valence-electron chi connectivity index (χ4n) is 5.97. The number of amides is 2. The standard InChI is InChI=1S/C30H41N3O4/c1-4-9-19(2)27(29(36)31-17-22(35)18-33-14-6-5-7-15-33)23-10-8-11-24(20(23)3)28-25-16-21(34)12-13-26(25)32-30(28)37/h12-13,16,22,34-35H,4-11,14-15,17-18H2,1-3H3,(H,31,36)(H,32,37)/b27-19+,28-24-. The molecule has 1 saturated heterocycles. The van der Waals surface area contributed by atoms with Crippen molar-refractivity contribution in [2.75, 3.05) is 31.5 Å². The Labute approximate surface area is 220 Å². The van der Waals surface area contributed by atoms with Gasteiger partial charge >= 0.3 is 0 Å². The van der Waals surface area contributed by atoms with Crippen LogP contribution in [-0.2, 0) is 9.59 Å². The number of β-amino-alcohol motifs (C(OH)–C–C–N with tert-alkyl or cyclic N) is 1. The van der Waals surface area contributed by atoms with E-state index in [0.717, 1.165) is 80.3 Å². The number of anilines is 1. The number of rotatable bonds is 8. The second-order valence-corrected chi connectivity index (χ2v) is 10.6. The van der Waals surface area contributed by atoms with Crippen molar-refractivity contribution >= 4 is 23.1 Å². The lowest BCUT2D eigenvalue weighted by atomic mass is 9.79. The van der Waals surface area contributed by atoms with E-state index in [9.17, 15) is 19.8 Å². The molecule has 1 fully saturated rings. The van der Waals surface area contributed by atoms with Crippen molar-refractivity contribution in [3.63, 3.8) is 0 Å². The van der Waals surface area contributed by atoms with Gasteiger partial charge < -0.3 is 25.7 Å². The van der Waals surface area contributed by atoms with Crippen molar-refractivity contribution in [2.24, 2.45) is 0 Å². The third-order valence-electron chi connectivity index (χ3n) is 7.80. The Hall–Kier alpha value is -2.90. The Kier molecular flexibility index (Phi) is 8.87. The summed E-state index contributed by atoms with van der Waals surface area (Å²) in [4.78, 5) is 28.8. The predicted octanol–water partition coefficient (Wildman–Crippen LogP) is 4.68. The molecule has 1 atom stereocenters. The number of piperidine rings is 1. The van der Waals surface area contributed by atoms with E-state index < -0.39 is 6.10 Å². The molecule has 37 heavy (non-hydrogen) atoms. The van der Waals surface area contributed by atoms with E-state index in [4.69, 9.17) is 0 Å². The van der Waals surface area contributed by atoms with E-state index in [1.165, 1.54) is 6.42 Å². The first-order valence-electron chi connectivity index (χ1n) is 13.8. The summed E-state index contributed by atoms with van der Waals surface area (Å²) in [7, 11) is 0. The number of carbonyl (C=O) groups excluding carboxylic acids is 2. The molecular formula is C30H41N3O4. The number of benzene rings is 1. The highest BCUT2D eigenvalue weighted by Crippen LogP contribution is 2.43. The third kappa shape index (κ3) is 6.16. The van der Waals surface area contributed by atoms with Crippen molar-refractivity contribution in [3.05, 3.63) is 51.6 Å². The van der Waals surface area contributed by atoms with E-state index in [2.05, 4.69) is 22.5 Å². The maximum atomic E-state index is 13.6. The number of likely N-dealkylation sites (tertiary alicyclic amines) is 1. The molecule has 7 nitrogen and oxygen atoms in total. The Morgan fingerprint density at radius 3 is 2.65 bits per heavy atom. The average molecular weight is 508 g/mol. The van der Waals surface area contributed by atoms with Crippen LogP contribution in [0.15, 0.2) is 46.1 Å². The molecule has 1 aromatic carbocycles. The van der Waals surface area contributed by atoms with Gasteiger partial charge in [-0.15, -0.1) is 0 Å². The minimum Gasteiger partial charge on any atom is -0.508 e. The maximum Gasteiger partial charge on any atom is 0.256 e. The van der Waals surface area contributed by atoms with Crippen LogP contribution < -0.4 is 10.6 Å². The average Bonchev–Trinajstić information content (AvgIpc) is 3.19. The zero-order valence-corrected chi connectivity index (χ0v) is 22.5. The smallest absolute Gasteiger partial charge is 0.256 e. The quantitative estimate of drug-likeness (QED) is 0.302. The van der Waals surface area contributed by atoms with Crippen LogP contribution in [0.1, 0.15) is 77.7 Å². The number of aromatic hydroxyl groups is 1. The largest absolute Gasteiger partial charge is 0.508 e. The van der Waals surface area contributed by atoms with Gasteiger partial charge in [0.15, 0.2) is 0 Å². The van der Waals surface area contributed by atoms with Crippen molar-refractivity contribution in [1.29, 1.82) is 0 Å². The van der Waals surface area contributed by atoms with Gasteiger partial charge in [0.1, 0.15) is 5.75 Å². The van der Waals surface area contributed by atoms with Gasteiger partial charge in [-0.2, -0.15) is 0 Å².